The molecular formula is C23H18N2O. The van der Waals surface area contributed by atoms with Gasteiger partial charge in [0.15, 0.2) is 11.6 Å². The molecule has 0 unspecified atom stereocenters. The van der Waals surface area contributed by atoms with Crippen molar-refractivity contribution in [3.8, 4) is 22.6 Å². The molecule has 1 aliphatic rings. The van der Waals surface area contributed by atoms with Crippen molar-refractivity contribution in [2.75, 3.05) is 0 Å². The molecule has 0 atom stereocenters. The van der Waals surface area contributed by atoms with Crippen LogP contribution in [0.4, 0.5) is 0 Å². The summed E-state index contributed by atoms with van der Waals surface area (Å²) in [5.41, 5.74) is 4.52. The summed E-state index contributed by atoms with van der Waals surface area (Å²) >= 11 is 0. The molecular weight excluding hydrogens is 320 g/mol. The Morgan fingerprint density at radius 2 is 1.54 bits per heavy atom. The predicted octanol–water partition coefficient (Wildman–Crippen LogP) is 5.22. The fourth-order valence-corrected chi connectivity index (χ4v) is 3.01. The third-order valence-electron chi connectivity index (χ3n) is 4.45. The number of nitrogens with zero attached hydrogens (tertiary/aromatic N) is 2. The quantitative estimate of drug-likeness (QED) is 0.612. The average Bonchev–Trinajstić information content (AvgIpc) is 3.23. The molecule has 2 aromatic carbocycles. The van der Waals surface area contributed by atoms with Gasteiger partial charge < -0.3 is 0 Å². The molecule has 0 bridgehead atoms. The van der Waals surface area contributed by atoms with Crippen LogP contribution >= 0.6 is 0 Å². The maximum Gasteiger partial charge on any atom is 0.160 e. The van der Waals surface area contributed by atoms with Gasteiger partial charge in [0.05, 0.1) is 11.4 Å². The molecule has 0 radical (unpaired) electrons. The van der Waals surface area contributed by atoms with E-state index in [0.29, 0.717) is 11.4 Å². The number of Topliss-reactive ketones (excluding diaryl/α,β-unsaturated/α-hetero) is 1. The highest BCUT2D eigenvalue weighted by atomic mass is 16.1. The maximum atomic E-state index is 11.5. The van der Waals surface area contributed by atoms with Crippen molar-refractivity contribution in [2.45, 2.75) is 12.8 Å². The van der Waals surface area contributed by atoms with E-state index in [9.17, 15) is 4.79 Å². The lowest BCUT2D eigenvalue weighted by molar-refractivity contribution is 0.101. The van der Waals surface area contributed by atoms with E-state index < -0.39 is 0 Å². The summed E-state index contributed by atoms with van der Waals surface area (Å²) in [5, 5.41) is 0. The van der Waals surface area contributed by atoms with E-state index >= 15 is 0 Å². The van der Waals surface area contributed by atoms with E-state index in [0.717, 1.165) is 22.5 Å². The van der Waals surface area contributed by atoms with Gasteiger partial charge in [0.2, 0.25) is 0 Å². The predicted molar refractivity (Wildman–Crippen MR) is 104 cm³/mol. The van der Waals surface area contributed by atoms with E-state index in [4.69, 9.17) is 9.97 Å². The molecule has 0 spiro atoms. The number of aromatic nitrogens is 2. The Morgan fingerprint density at radius 1 is 0.846 bits per heavy atom. The summed E-state index contributed by atoms with van der Waals surface area (Å²) in [6.07, 6.45) is 8.33. The maximum absolute atomic E-state index is 11.5. The highest BCUT2D eigenvalue weighted by molar-refractivity contribution is 5.94. The Hall–Kier alpha value is -3.33. The van der Waals surface area contributed by atoms with E-state index in [1.165, 1.54) is 0 Å². The topological polar surface area (TPSA) is 42.9 Å². The van der Waals surface area contributed by atoms with Gasteiger partial charge in [0, 0.05) is 22.6 Å². The summed E-state index contributed by atoms with van der Waals surface area (Å²) < 4.78 is 0. The summed E-state index contributed by atoms with van der Waals surface area (Å²) in [6.45, 7) is 1.57. The molecule has 0 N–H and O–H groups in total. The molecule has 0 amide bonds. The highest BCUT2D eigenvalue weighted by Gasteiger charge is 2.14. The molecule has 3 heteroatoms. The number of carbonyl (C=O) groups excluding carboxylic acids is 1. The SMILES string of the molecule is CC(=O)c1ccc(-c2nc(-c3ccccc3)cc(C3C=CC=C3)n2)cc1. The number of carbonyl (C=O) groups is 1. The van der Waals surface area contributed by atoms with Gasteiger partial charge in [0.25, 0.3) is 0 Å². The summed E-state index contributed by atoms with van der Waals surface area (Å²) in [5.74, 6) is 0.887. The molecule has 26 heavy (non-hydrogen) atoms. The van der Waals surface area contributed by atoms with Crippen LogP contribution in [0.2, 0.25) is 0 Å². The fraction of sp³-hybridized carbons (Fsp3) is 0.0870. The smallest absolute Gasteiger partial charge is 0.160 e. The zero-order valence-corrected chi connectivity index (χ0v) is 14.5. The first kappa shape index (κ1) is 16.2. The van der Waals surface area contributed by atoms with Crippen LogP contribution in [0.15, 0.2) is 85.0 Å². The minimum absolute atomic E-state index is 0.0532. The largest absolute Gasteiger partial charge is 0.295 e. The number of allylic oxidation sites excluding steroid dienone is 4. The molecule has 4 rings (SSSR count). The molecule has 0 saturated carbocycles. The minimum Gasteiger partial charge on any atom is -0.295 e. The lowest BCUT2D eigenvalue weighted by Crippen LogP contribution is -2.01. The summed E-state index contributed by atoms with van der Waals surface area (Å²) in [7, 11) is 0. The zero-order chi connectivity index (χ0) is 17.9. The normalized spacial score (nSPS) is 13.3. The van der Waals surface area contributed by atoms with E-state index in [2.05, 4.69) is 24.3 Å². The van der Waals surface area contributed by atoms with Crippen molar-refractivity contribution >= 4 is 5.78 Å². The van der Waals surface area contributed by atoms with Crippen molar-refractivity contribution in [2.24, 2.45) is 0 Å². The van der Waals surface area contributed by atoms with Crippen molar-refractivity contribution in [1.29, 1.82) is 0 Å². The first-order chi connectivity index (χ1) is 12.7. The van der Waals surface area contributed by atoms with Crippen molar-refractivity contribution < 1.29 is 4.79 Å². The Balaban J connectivity index is 1.82. The van der Waals surface area contributed by atoms with Gasteiger partial charge in [0.1, 0.15) is 0 Å². The van der Waals surface area contributed by atoms with Crippen LogP contribution in [0.3, 0.4) is 0 Å². The molecule has 1 aliphatic carbocycles. The van der Waals surface area contributed by atoms with Crippen molar-refractivity contribution in [3.05, 3.63) is 96.2 Å². The Kier molecular flexibility index (Phi) is 4.28. The Morgan fingerprint density at radius 3 is 2.19 bits per heavy atom. The Bertz CT molecular complexity index is 990. The Labute approximate surface area is 152 Å². The van der Waals surface area contributed by atoms with Gasteiger partial charge >= 0.3 is 0 Å². The second kappa shape index (κ2) is 6.89. The first-order valence-corrected chi connectivity index (χ1v) is 8.61. The third kappa shape index (κ3) is 3.24. The lowest BCUT2D eigenvalue weighted by Gasteiger charge is -2.11. The van der Waals surface area contributed by atoms with E-state index in [1.807, 2.05) is 60.7 Å². The van der Waals surface area contributed by atoms with E-state index in [1.54, 1.807) is 6.92 Å². The molecule has 1 heterocycles. The molecule has 0 aliphatic heterocycles. The van der Waals surface area contributed by atoms with Crippen LogP contribution in [-0.4, -0.2) is 15.8 Å². The number of rotatable bonds is 4. The number of benzene rings is 2. The van der Waals surface area contributed by atoms with Gasteiger partial charge in [-0.2, -0.15) is 0 Å². The van der Waals surface area contributed by atoms with Crippen LogP contribution in [0.25, 0.3) is 22.6 Å². The van der Waals surface area contributed by atoms with Gasteiger partial charge in [-0.05, 0) is 13.0 Å². The van der Waals surface area contributed by atoms with Gasteiger partial charge in [-0.25, -0.2) is 9.97 Å². The molecule has 1 aromatic heterocycles. The lowest BCUT2D eigenvalue weighted by atomic mass is 10.0. The number of hydrogen-bond acceptors (Lipinski definition) is 3. The zero-order valence-electron chi connectivity index (χ0n) is 14.5. The van der Waals surface area contributed by atoms with Crippen LogP contribution in [0, 0.1) is 0 Å². The number of hydrogen-bond donors (Lipinski definition) is 0. The molecule has 126 valence electrons. The van der Waals surface area contributed by atoms with E-state index in [-0.39, 0.29) is 11.7 Å². The summed E-state index contributed by atoms with van der Waals surface area (Å²) in [4.78, 5) is 21.1. The minimum atomic E-state index is 0.0532. The monoisotopic (exact) mass is 338 g/mol. The fourth-order valence-electron chi connectivity index (χ4n) is 3.01. The number of ketones is 1. The third-order valence-corrected chi connectivity index (χ3v) is 4.45. The van der Waals surface area contributed by atoms with Gasteiger partial charge in [-0.1, -0.05) is 78.9 Å². The first-order valence-electron chi connectivity index (χ1n) is 8.61. The van der Waals surface area contributed by atoms with Gasteiger partial charge in [-0.3, -0.25) is 4.79 Å². The van der Waals surface area contributed by atoms with Gasteiger partial charge in [-0.15, -0.1) is 0 Å². The standard InChI is InChI=1S/C23H18N2O/c1-16(26)17-11-13-20(14-12-17)23-24-21(18-7-3-2-4-8-18)15-22(25-23)19-9-5-6-10-19/h2-15,19H,1H3. The van der Waals surface area contributed by atoms with Crippen LogP contribution < -0.4 is 0 Å². The average molecular weight is 338 g/mol. The molecule has 3 nitrogen and oxygen atoms in total. The highest BCUT2D eigenvalue weighted by Crippen LogP contribution is 2.28. The van der Waals surface area contributed by atoms with Crippen molar-refractivity contribution in [3.63, 3.8) is 0 Å². The second-order valence-electron chi connectivity index (χ2n) is 6.30. The van der Waals surface area contributed by atoms with Crippen LogP contribution in [0.1, 0.15) is 28.9 Å². The van der Waals surface area contributed by atoms with Crippen LogP contribution in [0.5, 0.6) is 0 Å². The van der Waals surface area contributed by atoms with Crippen LogP contribution in [-0.2, 0) is 0 Å². The van der Waals surface area contributed by atoms with Crippen molar-refractivity contribution in [1.82, 2.24) is 9.97 Å². The second-order valence-corrected chi connectivity index (χ2v) is 6.30. The molecule has 3 aromatic rings. The summed E-state index contributed by atoms with van der Waals surface area (Å²) in [6, 6.07) is 19.6. The molecule has 0 saturated heterocycles. The molecule has 0 fully saturated rings.